The van der Waals surface area contributed by atoms with Crippen LogP contribution in [0.5, 0.6) is 0 Å². The van der Waals surface area contributed by atoms with Gasteiger partial charge in [-0.25, -0.2) is 9.18 Å². The van der Waals surface area contributed by atoms with Crippen LogP contribution in [0, 0.1) is 5.82 Å². The van der Waals surface area contributed by atoms with Crippen molar-refractivity contribution in [3.8, 4) is 0 Å². The van der Waals surface area contributed by atoms with Crippen LogP contribution in [0.25, 0.3) is 10.9 Å². The quantitative estimate of drug-likeness (QED) is 0.329. The lowest BCUT2D eigenvalue weighted by Crippen LogP contribution is -2.43. The van der Waals surface area contributed by atoms with Crippen molar-refractivity contribution in [3.63, 3.8) is 0 Å². The van der Waals surface area contributed by atoms with Gasteiger partial charge in [0.25, 0.3) is 5.91 Å². The summed E-state index contributed by atoms with van der Waals surface area (Å²) in [5.41, 5.74) is 4.54. The number of aromatic nitrogens is 1. The lowest BCUT2D eigenvalue weighted by Gasteiger charge is -2.38. The molecule has 6 nitrogen and oxygen atoms in total. The Kier molecular flexibility index (Phi) is 4.82. The van der Waals surface area contributed by atoms with E-state index in [0.717, 1.165) is 24.9 Å². The number of fused-ring (bicyclic) bond motifs is 5. The van der Waals surface area contributed by atoms with Crippen LogP contribution >= 0.6 is 11.6 Å². The molecule has 37 heavy (non-hydrogen) atoms. The fourth-order valence-electron chi connectivity index (χ4n) is 6.16. The molecule has 184 valence electrons. The molecule has 0 radical (unpaired) electrons. The normalized spacial score (nSPS) is 18.9. The van der Waals surface area contributed by atoms with Crippen LogP contribution in [-0.4, -0.2) is 23.5 Å². The Morgan fingerprint density at radius 2 is 1.97 bits per heavy atom. The first kappa shape index (κ1) is 22.2. The van der Waals surface area contributed by atoms with Gasteiger partial charge in [0.1, 0.15) is 5.82 Å². The Bertz CT molecular complexity index is 1630. The third-order valence-corrected chi connectivity index (χ3v) is 8.38. The molecule has 4 aromatic rings. The second-order valence-electron chi connectivity index (χ2n) is 10.0. The number of amides is 3. The SMILES string of the molecule is O=C1NC(c2cc(F)ccc2Cl)c2c(NC(=O)N3CC4(CCC4)c4ccccc43)cc3ncccc3c21. The van der Waals surface area contributed by atoms with Gasteiger partial charge < -0.3 is 10.6 Å². The minimum atomic E-state index is -0.727. The predicted molar refractivity (Wildman–Crippen MR) is 141 cm³/mol. The standard InChI is InChI=1S/C29H22ClFN4O2/c30-20-9-8-16(31)13-18(20)26-25-22(14-21-17(5-3-12-32-21)24(25)27(36)34-26)33-28(37)35-15-29(10-4-11-29)19-6-1-2-7-23(19)35/h1-3,5-9,12-14,26H,4,10-11,15H2,(H,33,37)(H,34,36). The number of halogens is 2. The van der Waals surface area contributed by atoms with Crippen molar-refractivity contribution < 1.29 is 14.0 Å². The van der Waals surface area contributed by atoms with Gasteiger partial charge in [-0.05, 0) is 54.8 Å². The molecule has 3 aliphatic rings. The molecule has 3 amide bonds. The van der Waals surface area contributed by atoms with Gasteiger partial charge in [0.05, 0.1) is 22.8 Å². The molecule has 7 rings (SSSR count). The number of pyridine rings is 1. The zero-order valence-electron chi connectivity index (χ0n) is 19.7. The lowest BCUT2D eigenvalue weighted by molar-refractivity contribution is 0.0962. The van der Waals surface area contributed by atoms with Crippen LogP contribution in [0.15, 0.2) is 66.9 Å². The number of benzene rings is 3. The minimum absolute atomic E-state index is 0.00989. The molecule has 1 aromatic heterocycles. The maximum absolute atomic E-state index is 14.2. The predicted octanol–water partition coefficient (Wildman–Crippen LogP) is 6.33. The summed E-state index contributed by atoms with van der Waals surface area (Å²) in [5.74, 6) is -0.788. The molecule has 1 saturated carbocycles. The van der Waals surface area contributed by atoms with Gasteiger partial charge in [0.2, 0.25) is 0 Å². The number of carbonyl (C=O) groups excluding carboxylic acids is 2. The van der Waals surface area contributed by atoms with Crippen molar-refractivity contribution in [2.45, 2.75) is 30.7 Å². The molecule has 1 fully saturated rings. The Morgan fingerprint density at radius 3 is 2.78 bits per heavy atom. The van der Waals surface area contributed by atoms with Crippen LogP contribution in [0.2, 0.25) is 5.02 Å². The summed E-state index contributed by atoms with van der Waals surface area (Å²) < 4.78 is 14.2. The van der Waals surface area contributed by atoms with Crippen molar-refractivity contribution in [2.75, 3.05) is 16.8 Å². The molecule has 0 saturated heterocycles. The third kappa shape index (κ3) is 3.27. The van der Waals surface area contributed by atoms with Crippen LogP contribution in [0.1, 0.15) is 52.4 Å². The van der Waals surface area contributed by atoms with Gasteiger partial charge in [0.15, 0.2) is 0 Å². The van der Waals surface area contributed by atoms with Crippen LogP contribution in [0.4, 0.5) is 20.6 Å². The van der Waals surface area contributed by atoms with E-state index in [4.69, 9.17) is 11.6 Å². The highest BCUT2D eigenvalue weighted by molar-refractivity contribution is 6.31. The fraction of sp³-hybridized carbons (Fsp3) is 0.207. The largest absolute Gasteiger partial charge is 0.341 e. The summed E-state index contributed by atoms with van der Waals surface area (Å²) in [5, 5.41) is 7.00. The van der Waals surface area contributed by atoms with Crippen molar-refractivity contribution in [2.24, 2.45) is 0 Å². The van der Waals surface area contributed by atoms with Gasteiger partial charge >= 0.3 is 6.03 Å². The van der Waals surface area contributed by atoms with E-state index in [-0.39, 0.29) is 17.4 Å². The van der Waals surface area contributed by atoms with Crippen LogP contribution in [0.3, 0.4) is 0 Å². The Labute approximate surface area is 217 Å². The number of hydrogen-bond donors (Lipinski definition) is 2. The van der Waals surface area contributed by atoms with E-state index in [1.165, 1.54) is 23.8 Å². The first-order chi connectivity index (χ1) is 17.9. The first-order valence-corrected chi connectivity index (χ1v) is 12.7. The number of anilines is 2. The highest BCUT2D eigenvalue weighted by Gasteiger charge is 2.48. The smallest absolute Gasteiger partial charge is 0.326 e. The van der Waals surface area contributed by atoms with Gasteiger partial charge in [0, 0.05) is 45.4 Å². The van der Waals surface area contributed by atoms with Gasteiger partial charge in [-0.15, -0.1) is 0 Å². The third-order valence-electron chi connectivity index (χ3n) is 8.03. The number of urea groups is 1. The Hall–Kier alpha value is -3.97. The second-order valence-corrected chi connectivity index (χ2v) is 10.4. The molecule has 3 aromatic carbocycles. The van der Waals surface area contributed by atoms with Gasteiger partial charge in [-0.2, -0.15) is 0 Å². The molecule has 2 N–H and O–H groups in total. The van der Waals surface area contributed by atoms with Crippen LogP contribution in [-0.2, 0) is 5.41 Å². The van der Waals surface area contributed by atoms with Crippen LogP contribution < -0.4 is 15.5 Å². The lowest BCUT2D eigenvalue weighted by atomic mass is 9.66. The van der Waals surface area contributed by atoms with Gasteiger partial charge in [-0.3, -0.25) is 14.7 Å². The maximum atomic E-state index is 14.2. The van der Waals surface area contributed by atoms with Crippen molar-refractivity contribution >= 4 is 45.8 Å². The van der Waals surface area contributed by atoms with E-state index in [9.17, 15) is 14.0 Å². The van der Waals surface area contributed by atoms with E-state index in [1.54, 1.807) is 23.2 Å². The van der Waals surface area contributed by atoms with E-state index < -0.39 is 11.9 Å². The molecule has 1 spiro atoms. The highest BCUT2D eigenvalue weighted by Crippen LogP contribution is 2.52. The maximum Gasteiger partial charge on any atom is 0.326 e. The van der Waals surface area contributed by atoms with E-state index >= 15 is 0 Å². The molecule has 1 aliphatic carbocycles. The zero-order chi connectivity index (χ0) is 25.3. The van der Waals surface area contributed by atoms with E-state index in [0.29, 0.717) is 44.8 Å². The average molecular weight is 513 g/mol. The van der Waals surface area contributed by atoms with Gasteiger partial charge in [-0.1, -0.05) is 42.3 Å². The average Bonchev–Trinajstić information content (AvgIpc) is 3.42. The summed E-state index contributed by atoms with van der Waals surface area (Å²) in [6, 6.07) is 16.5. The summed E-state index contributed by atoms with van der Waals surface area (Å²) in [4.78, 5) is 33.3. The number of rotatable bonds is 2. The summed E-state index contributed by atoms with van der Waals surface area (Å²) in [6.07, 6.45) is 4.91. The number of para-hydroxylation sites is 1. The molecule has 1 atom stereocenters. The number of nitrogens with zero attached hydrogens (tertiary/aromatic N) is 2. The summed E-state index contributed by atoms with van der Waals surface area (Å²) in [6.45, 7) is 0.614. The molecule has 3 heterocycles. The summed E-state index contributed by atoms with van der Waals surface area (Å²) >= 11 is 6.45. The molecular weight excluding hydrogens is 491 g/mol. The monoisotopic (exact) mass is 512 g/mol. The van der Waals surface area contributed by atoms with E-state index in [1.807, 2.05) is 24.3 Å². The molecule has 1 unspecified atom stereocenters. The topological polar surface area (TPSA) is 74.3 Å². The Balaban J connectivity index is 1.35. The fourth-order valence-corrected chi connectivity index (χ4v) is 6.38. The number of carbonyl (C=O) groups is 2. The first-order valence-electron chi connectivity index (χ1n) is 12.3. The second kappa shape index (κ2) is 8.02. The van der Waals surface area contributed by atoms with Crippen molar-refractivity contribution in [1.29, 1.82) is 0 Å². The number of nitrogens with one attached hydrogen (secondary N) is 2. The highest BCUT2D eigenvalue weighted by atomic mass is 35.5. The van der Waals surface area contributed by atoms with Crippen molar-refractivity contribution in [1.82, 2.24) is 10.3 Å². The minimum Gasteiger partial charge on any atom is -0.341 e. The van der Waals surface area contributed by atoms with Crippen molar-refractivity contribution in [3.05, 3.63) is 100.0 Å². The molecular formula is C29H22ClFN4O2. The zero-order valence-corrected chi connectivity index (χ0v) is 20.5. The Morgan fingerprint density at radius 1 is 1.14 bits per heavy atom. The number of hydrogen-bond acceptors (Lipinski definition) is 3. The van der Waals surface area contributed by atoms with E-state index in [2.05, 4.69) is 21.7 Å². The summed E-state index contributed by atoms with van der Waals surface area (Å²) in [7, 11) is 0. The molecule has 2 aliphatic heterocycles. The molecule has 8 heteroatoms. The molecule has 0 bridgehead atoms.